The molecule has 0 bridgehead atoms. The summed E-state index contributed by atoms with van der Waals surface area (Å²) < 4.78 is 0. The van der Waals surface area contributed by atoms with Crippen molar-refractivity contribution in [1.82, 2.24) is 4.98 Å². The Morgan fingerprint density at radius 3 is 2.86 bits per heavy atom. The van der Waals surface area contributed by atoms with Crippen LogP contribution in [0, 0.1) is 6.92 Å². The first-order valence-electron chi connectivity index (χ1n) is 4.59. The lowest BCUT2D eigenvalue weighted by molar-refractivity contribution is 0.0690. The first-order valence-corrected chi connectivity index (χ1v) is 4.59. The van der Waals surface area contributed by atoms with Crippen molar-refractivity contribution in [3.8, 4) is 0 Å². The molecule has 0 saturated carbocycles. The first kappa shape index (κ1) is 10.5. The van der Waals surface area contributed by atoms with Crippen molar-refractivity contribution in [2.75, 3.05) is 11.9 Å². The highest BCUT2D eigenvalue weighted by molar-refractivity contribution is 5.86. The second-order valence-corrected chi connectivity index (χ2v) is 3.11. The zero-order valence-electron chi connectivity index (χ0n) is 8.37. The van der Waals surface area contributed by atoms with Crippen LogP contribution in [0.2, 0.25) is 0 Å². The molecule has 0 atom stereocenters. The minimum absolute atomic E-state index is 0.0867. The SMILES string of the molecule is CCCNc1cc(C)nc(C(=O)O)c1. The minimum Gasteiger partial charge on any atom is -0.477 e. The zero-order valence-corrected chi connectivity index (χ0v) is 8.37. The predicted octanol–water partition coefficient (Wildman–Crippen LogP) is 1.91. The second kappa shape index (κ2) is 4.60. The zero-order chi connectivity index (χ0) is 10.6. The van der Waals surface area contributed by atoms with E-state index in [0.29, 0.717) is 5.69 Å². The molecule has 0 radical (unpaired) electrons. The topological polar surface area (TPSA) is 62.2 Å². The van der Waals surface area contributed by atoms with Crippen molar-refractivity contribution in [1.29, 1.82) is 0 Å². The van der Waals surface area contributed by atoms with E-state index in [9.17, 15) is 4.79 Å². The van der Waals surface area contributed by atoms with Gasteiger partial charge < -0.3 is 10.4 Å². The van der Waals surface area contributed by atoms with E-state index in [-0.39, 0.29) is 5.69 Å². The largest absolute Gasteiger partial charge is 0.477 e. The second-order valence-electron chi connectivity index (χ2n) is 3.11. The molecular formula is C10H14N2O2. The summed E-state index contributed by atoms with van der Waals surface area (Å²) in [5.41, 5.74) is 1.61. The van der Waals surface area contributed by atoms with Gasteiger partial charge in [0.15, 0.2) is 5.69 Å². The number of carboxylic acids is 1. The normalized spacial score (nSPS) is 9.86. The van der Waals surface area contributed by atoms with E-state index in [2.05, 4.69) is 17.2 Å². The summed E-state index contributed by atoms with van der Waals surface area (Å²) in [6.07, 6.45) is 1.00. The average Bonchev–Trinajstić information content (AvgIpc) is 2.14. The molecule has 0 aliphatic carbocycles. The van der Waals surface area contributed by atoms with Crippen LogP contribution in [0.15, 0.2) is 12.1 Å². The van der Waals surface area contributed by atoms with Gasteiger partial charge in [-0.25, -0.2) is 9.78 Å². The van der Waals surface area contributed by atoms with Crippen molar-refractivity contribution < 1.29 is 9.90 Å². The third kappa shape index (κ3) is 2.73. The van der Waals surface area contributed by atoms with Crippen molar-refractivity contribution in [2.24, 2.45) is 0 Å². The van der Waals surface area contributed by atoms with Gasteiger partial charge in [-0.3, -0.25) is 0 Å². The molecule has 1 aromatic rings. The van der Waals surface area contributed by atoms with Crippen LogP contribution in [-0.2, 0) is 0 Å². The van der Waals surface area contributed by atoms with Gasteiger partial charge in [0.2, 0.25) is 0 Å². The Morgan fingerprint density at radius 1 is 1.57 bits per heavy atom. The van der Waals surface area contributed by atoms with Crippen molar-refractivity contribution in [3.05, 3.63) is 23.5 Å². The molecule has 0 aromatic carbocycles. The molecule has 76 valence electrons. The summed E-state index contributed by atoms with van der Waals surface area (Å²) in [4.78, 5) is 14.6. The highest BCUT2D eigenvalue weighted by Gasteiger charge is 2.06. The van der Waals surface area contributed by atoms with Crippen LogP contribution in [0.4, 0.5) is 5.69 Å². The highest BCUT2D eigenvalue weighted by Crippen LogP contribution is 2.11. The maximum atomic E-state index is 10.7. The molecule has 0 aliphatic heterocycles. The van der Waals surface area contributed by atoms with E-state index in [1.54, 1.807) is 13.0 Å². The number of nitrogens with one attached hydrogen (secondary N) is 1. The fraction of sp³-hybridized carbons (Fsp3) is 0.400. The molecule has 1 aromatic heterocycles. The van der Waals surface area contributed by atoms with Crippen LogP contribution in [0.5, 0.6) is 0 Å². The maximum Gasteiger partial charge on any atom is 0.354 e. The van der Waals surface area contributed by atoms with Crippen LogP contribution in [-0.4, -0.2) is 22.6 Å². The Balaban J connectivity index is 2.89. The van der Waals surface area contributed by atoms with Crippen LogP contribution in [0.25, 0.3) is 0 Å². The fourth-order valence-electron chi connectivity index (χ4n) is 1.15. The van der Waals surface area contributed by atoms with Crippen molar-refractivity contribution in [3.63, 3.8) is 0 Å². The van der Waals surface area contributed by atoms with Crippen LogP contribution in [0.3, 0.4) is 0 Å². The third-order valence-electron chi connectivity index (χ3n) is 1.75. The van der Waals surface area contributed by atoms with E-state index < -0.39 is 5.97 Å². The Labute approximate surface area is 83.0 Å². The van der Waals surface area contributed by atoms with Gasteiger partial charge in [0.05, 0.1) is 0 Å². The van der Waals surface area contributed by atoms with Crippen LogP contribution in [0.1, 0.15) is 29.5 Å². The summed E-state index contributed by atoms with van der Waals surface area (Å²) in [5, 5.41) is 11.9. The van der Waals surface area contributed by atoms with E-state index in [0.717, 1.165) is 18.7 Å². The maximum absolute atomic E-state index is 10.7. The van der Waals surface area contributed by atoms with E-state index in [4.69, 9.17) is 5.11 Å². The Morgan fingerprint density at radius 2 is 2.29 bits per heavy atom. The van der Waals surface area contributed by atoms with Gasteiger partial charge in [-0.05, 0) is 25.5 Å². The van der Waals surface area contributed by atoms with Crippen LogP contribution < -0.4 is 5.32 Å². The summed E-state index contributed by atoms with van der Waals surface area (Å²) in [6, 6.07) is 3.38. The monoisotopic (exact) mass is 194 g/mol. The number of nitrogens with zero attached hydrogens (tertiary/aromatic N) is 1. The number of carbonyl (C=O) groups is 1. The van der Waals surface area contributed by atoms with Crippen molar-refractivity contribution in [2.45, 2.75) is 20.3 Å². The van der Waals surface area contributed by atoms with Gasteiger partial charge in [-0.1, -0.05) is 6.92 Å². The molecule has 0 aliphatic rings. The van der Waals surface area contributed by atoms with Crippen LogP contribution >= 0.6 is 0 Å². The van der Waals surface area contributed by atoms with Gasteiger partial charge >= 0.3 is 5.97 Å². The molecule has 0 amide bonds. The molecule has 1 heterocycles. The number of aryl methyl sites for hydroxylation is 1. The minimum atomic E-state index is -0.992. The molecule has 4 heteroatoms. The van der Waals surface area contributed by atoms with E-state index in [1.807, 2.05) is 6.07 Å². The first-order chi connectivity index (χ1) is 6.63. The lowest BCUT2D eigenvalue weighted by Crippen LogP contribution is -2.05. The molecule has 14 heavy (non-hydrogen) atoms. The Bertz CT molecular complexity index is 337. The van der Waals surface area contributed by atoms with Gasteiger partial charge in [-0.2, -0.15) is 0 Å². The van der Waals surface area contributed by atoms with Gasteiger partial charge in [-0.15, -0.1) is 0 Å². The summed E-state index contributed by atoms with van der Waals surface area (Å²) in [5.74, 6) is -0.992. The molecular weight excluding hydrogens is 180 g/mol. The van der Waals surface area contributed by atoms with Gasteiger partial charge in [0.1, 0.15) is 0 Å². The molecule has 2 N–H and O–H groups in total. The standard InChI is InChI=1S/C10H14N2O2/c1-3-4-11-8-5-7(2)12-9(6-8)10(13)14/h5-6H,3-4H2,1-2H3,(H,11,12)(H,13,14). The summed E-state index contributed by atoms with van der Waals surface area (Å²) in [6.45, 7) is 4.67. The number of hydrogen-bond donors (Lipinski definition) is 2. The number of rotatable bonds is 4. The van der Waals surface area contributed by atoms with Gasteiger partial charge in [0, 0.05) is 17.9 Å². The molecule has 4 nitrogen and oxygen atoms in total. The Kier molecular flexibility index (Phi) is 3.45. The number of pyridine rings is 1. The lowest BCUT2D eigenvalue weighted by Gasteiger charge is -2.06. The third-order valence-corrected chi connectivity index (χ3v) is 1.75. The molecule has 1 rings (SSSR count). The molecule has 0 unspecified atom stereocenters. The van der Waals surface area contributed by atoms with Gasteiger partial charge in [0.25, 0.3) is 0 Å². The lowest BCUT2D eigenvalue weighted by atomic mass is 10.2. The number of carboxylic acid groups (broad SMARTS) is 1. The molecule has 0 saturated heterocycles. The smallest absolute Gasteiger partial charge is 0.354 e. The molecule has 0 spiro atoms. The summed E-state index contributed by atoms with van der Waals surface area (Å²) in [7, 11) is 0. The quantitative estimate of drug-likeness (QED) is 0.768. The fourth-order valence-corrected chi connectivity index (χ4v) is 1.15. The van der Waals surface area contributed by atoms with E-state index >= 15 is 0 Å². The summed E-state index contributed by atoms with van der Waals surface area (Å²) >= 11 is 0. The highest BCUT2D eigenvalue weighted by atomic mass is 16.4. The average molecular weight is 194 g/mol. The number of aromatic carboxylic acids is 1. The molecule has 0 fully saturated rings. The van der Waals surface area contributed by atoms with E-state index in [1.165, 1.54) is 0 Å². The number of anilines is 1. The number of hydrogen-bond acceptors (Lipinski definition) is 3. The predicted molar refractivity (Wildman–Crippen MR) is 54.7 cm³/mol. The Hall–Kier alpha value is -1.58. The van der Waals surface area contributed by atoms with Crippen molar-refractivity contribution >= 4 is 11.7 Å². The number of aromatic nitrogens is 1.